The Kier molecular flexibility index (Phi) is 4.54. The van der Waals surface area contributed by atoms with Crippen molar-refractivity contribution in [3.63, 3.8) is 0 Å². The molecule has 0 unspecified atom stereocenters. The van der Waals surface area contributed by atoms with Gasteiger partial charge in [0.25, 0.3) is 0 Å². The summed E-state index contributed by atoms with van der Waals surface area (Å²) in [5, 5.41) is 6.32. The van der Waals surface area contributed by atoms with Crippen molar-refractivity contribution in [2.75, 3.05) is 13.1 Å². The summed E-state index contributed by atoms with van der Waals surface area (Å²) in [6.45, 7) is 4.44. The van der Waals surface area contributed by atoms with E-state index in [0.29, 0.717) is 12.5 Å². The van der Waals surface area contributed by atoms with Crippen LogP contribution in [0, 0.1) is 11.8 Å². The molecule has 2 aromatic rings. The Morgan fingerprint density at radius 2 is 1.73 bits per heavy atom. The molecule has 3 nitrogen and oxygen atoms in total. The summed E-state index contributed by atoms with van der Waals surface area (Å²) in [6.07, 6.45) is 0. The van der Waals surface area contributed by atoms with E-state index in [2.05, 4.69) is 54.0 Å². The monoisotopic (exact) mass is 294 g/mol. The lowest BCUT2D eigenvalue weighted by molar-refractivity contribution is -0.125. The van der Waals surface area contributed by atoms with E-state index in [-0.39, 0.29) is 11.8 Å². The molecule has 0 saturated carbocycles. The number of carbonyl (C=O) groups excluding carboxylic acids is 1. The minimum absolute atomic E-state index is 0.101. The number of amides is 1. The van der Waals surface area contributed by atoms with E-state index in [0.717, 1.165) is 18.7 Å². The maximum absolute atomic E-state index is 12.2. The summed E-state index contributed by atoms with van der Waals surface area (Å²) in [4.78, 5) is 12.2. The summed E-state index contributed by atoms with van der Waals surface area (Å²) >= 11 is 0. The van der Waals surface area contributed by atoms with Crippen LogP contribution in [0.3, 0.4) is 0 Å². The molecule has 2 atom stereocenters. The molecule has 1 heterocycles. The van der Waals surface area contributed by atoms with Crippen LogP contribution in [-0.4, -0.2) is 19.0 Å². The van der Waals surface area contributed by atoms with Gasteiger partial charge in [0.2, 0.25) is 5.91 Å². The summed E-state index contributed by atoms with van der Waals surface area (Å²) < 4.78 is 0. The van der Waals surface area contributed by atoms with E-state index < -0.39 is 0 Å². The maximum atomic E-state index is 12.2. The predicted molar refractivity (Wildman–Crippen MR) is 89.2 cm³/mol. The van der Waals surface area contributed by atoms with Gasteiger partial charge in [-0.15, -0.1) is 0 Å². The minimum atomic E-state index is 0.101. The minimum Gasteiger partial charge on any atom is -0.352 e. The van der Waals surface area contributed by atoms with Crippen molar-refractivity contribution in [1.82, 2.24) is 10.6 Å². The van der Waals surface area contributed by atoms with Crippen LogP contribution in [0.1, 0.15) is 12.5 Å². The van der Waals surface area contributed by atoms with E-state index in [1.165, 1.54) is 11.1 Å². The van der Waals surface area contributed by atoms with Gasteiger partial charge in [-0.2, -0.15) is 0 Å². The first-order valence-corrected chi connectivity index (χ1v) is 7.87. The number of carbonyl (C=O) groups is 1. The first-order valence-electron chi connectivity index (χ1n) is 7.87. The van der Waals surface area contributed by atoms with E-state index in [1.807, 2.05) is 18.2 Å². The molecule has 3 heteroatoms. The second-order valence-electron chi connectivity index (χ2n) is 6.02. The molecule has 1 saturated heterocycles. The fourth-order valence-electron chi connectivity index (χ4n) is 2.93. The molecule has 1 aliphatic heterocycles. The second kappa shape index (κ2) is 6.75. The highest BCUT2D eigenvalue weighted by Crippen LogP contribution is 2.19. The first kappa shape index (κ1) is 14.8. The van der Waals surface area contributed by atoms with Gasteiger partial charge in [0, 0.05) is 13.1 Å². The van der Waals surface area contributed by atoms with E-state index in [4.69, 9.17) is 0 Å². The van der Waals surface area contributed by atoms with Crippen molar-refractivity contribution in [3.05, 3.63) is 60.2 Å². The molecule has 1 fully saturated rings. The quantitative estimate of drug-likeness (QED) is 0.910. The molecule has 2 aromatic carbocycles. The molecular formula is C19H22N2O. The summed E-state index contributed by atoms with van der Waals surface area (Å²) in [7, 11) is 0. The van der Waals surface area contributed by atoms with Crippen molar-refractivity contribution >= 4 is 5.91 Å². The molecule has 1 amide bonds. The summed E-state index contributed by atoms with van der Waals surface area (Å²) in [5.41, 5.74) is 3.54. The highest BCUT2D eigenvalue weighted by atomic mass is 16.1. The van der Waals surface area contributed by atoms with Gasteiger partial charge in [0.05, 0.1) is 5.92 Å². The molecule has 2 N–H and O–H groups in total. The second-order valence-corrected chi connectivity index (χ2v) is 6.02. The van der Waals surface area contributed by atoms with Crippen molar-refractivity contribution in [3.8, 4) is 11.1 Å². The van der Waals surface area contributed by atoms with Gasteiger partial charge >= 0.3 is 0 Å². The van der Waals surface area contributed by atoms with Gasteiger partial charge in [-0.25, -0.2) is 0 Å². The molecule has 1 aliphatic rings. The summed E-state index contributed by atoms with van der Waals surface area (Å²) in [6, 6.07) is 18.7. The average Bonchev–Trinajstić information content (AvgIpc) is 3.00. The van der Waals surface area contributed by atoms with Crippen LogP contribution in [-0.2, 0) is 11.3 Å². The maximum Gasteiger partial charge on any atom is 0.224 e. The van der Waals surface area contributed by atoms with Gasteiger partial charge in [-0.05, 0) is 29.2 Å². The fraction of sp³-hybridized carbons (Fsp3) is 0.316. The lowest BCUT2D eigenvalue weighted by Gasteiger charge is -2.14. The Labute approximate surface area is 131 Å². The third-order valence-electron chi connectivity index (χ3n) is 4.38. The molecule has 0 radical (unpaired) electrons. The van der Waals surface area contributed by atoms with Crippen LogP contribution in [0.25, 0.3) is 11.1 Å². The fourth-order valence-corrected chi connectivity index (χ4v) is 2.93. The first-order chi connectivity index (χ1) is 10.7. The van der Waals surface area contributed by atoms with Gasteiger partial charge in [-0.1, -0.05) is 61.5 Å². The Morgan fingerprint density at radius 1 is 1.05 bits per heavy atom. The zero-order valence-electron chi connectivity index (χ0n) is 12.9. The van der Waals surface area contributed by atoms with Crippen LogP contribution in [0.15, 0.2) is 54.6 Å². The number of benzene rings is 2. The van der Waals surface area contributed by atoms with Crippen LogP contribution < -0.4 is 10.6 Å². The molecule has 22 heavy (non-hydrogen) atoms. The number of hydrogen-bond acceptors (Lipinski definition) is 2. The topological polar surface area (TPSA) is 41.1 Å². The van der Waals surface area contributed by atoms with Gasteiger partial charge < -0.3 is 10.6 Å². The zero-order chi connectivity index (χ0) is 15.4. The van der Waals surface area contributed by atoms with Crippen molar-refractivity contribution < 1.29 is 4.79 Å². The molecule has 0 spiro atoms. The lowest BCUT2D eigenvalue weighted by atomic mass is 9.97. The molecule has 0 bridgehead atoms. The molecular weight excluding hydrogens is 272 g/mol. The largest absolute Gasteiger partial charge is 0.352 e. The Hall–Kier alpha value is -2.13. The van der Waals surface area contributed by atoms with Crippen LogP contribution in [0.2, 0.25) is 0 Å². The van der Waals surface area contributed by atoms with Crippen molar-refractivity contribution in [1.29, 1.82) is 0 Å². The highest BCUT2D eigenvalue weighted by Gasteiger charge is 2.29. The van der Waals surface area contributed by atoms with E-state index >= 15 is 0 Å². The molecule has 114 valence electrons. The van der Waals surface area contributed by atoms with Gasteiger partial charge in [-0.3, -0.25) is 4.79 Å². The van der Waals surface area contributed by atoms with Crippen LogP contribution in [0.5, 0.6) is 0 Å². The Balaban J connectivity index is 1.58. The van der Waals surface area contributed by atoms with Crippen molar-refractivity contribution in [2.45, 2.75) is 13.5 Å². The van der Waals surface area contributed by atoms with Gasteiger partial charge in [0.1, 0.15) is 0 Å². The van der Waals surface area contributed by atoms with Crippen molar-refractivity contribution in [2.24, 2.45) is 11.8 Å². The van der Waals surface area contributed by atoms with Gasteiger partial charge in [0.15, 0.2) is 0 Å². The smallest absolute Gasteiger partial charge is 0.224 e. The number of hydrogen-bond donors (Lipinski definition) is 2. The number of nitrogens with one attached hydrogen (secondary N) is 2. The van der Waals surface area contributed by atoms with E-state index in [1.54, 1.807) is 0 Å². The molecule has 0 aliphatic carbocycles. The standard InChI is InChI=1S/C19H22N2O/c1-14-11-20-13-18(14)19(22)21-12-15-7-9-17(10-8-15)16-5-3-2-4-6-16/h2-10,14,18,20H,11-13H2,1H3,(H,21,22)/t14-,18-/m1/s1. The average molecular weight is 294 g/mol. The van der Waals surface area contributed by atoms with Crippen LogP contribution in [0.4, 0.5) is 0 Å². The summed E-state index contributed by atoms with van der Waals surface area (Å²) in [5.74, 6) is 0.675. The Morgan fingerprint density at radius 3 is 2.36 bits per heavy atom. The molecule has 3 rings (SSSR count). The third-order valence-corrected chi connectivity index (χ3v) is 4.38. The predicted octanol–water partition coefficient (Wildman–Crippen LogP) is 2.83. The zero-order valence-corrected chi connectivity index (χ0v) is 12.9. The molecule has 0 aromatic heterocycles. The van der Waals surface area contributed by atoms with Crippen LogP contribution >= 0.6 is 0 Å². The number of rotatable bonds is 4. The lowest BCUT2D eigenvalue weighted by Crippen LogP contribution is -2.33. The van der Waals surface area contributed by atoms with E-state index in [9.17, 15) is 4.79 Å². The normalized spacial score (nSPS) is 20.8. The SMILES string of the molecule is C[C@@H]1CNC[C@H]1C(=O)NCc1ccc(-c2ccccc2)cc1. The third kappa shape index (κ3) is 3.37. The Bertz CT molecular complexity index is 622. The highest BCUT2D eigenvalue weighted by molar-refractivity contribution is 5.79.